The second-order valence-electron chi connectivity index (χ2n) is 2.98. The zero-order valence-electron chi connectivity index (χ0n) is 9.47. The summed E-state index contributed by atoms with van der Waals surface area (Å²) < 4.78 is 10.2. The highest BCUT2D eigenvalue weighted by Gasteiger charge is 2.02. The van der Waals surface area contributed by atoms with Crippen LogP contribution in [0.3, 0.4) is 0 Å². The Morgan fingerprint density at radius 3 is 2.76 bits per heavy atom. The van der Waals surface area contributed by atoms with Gasteiger partial charge in [-0.1, -0.05) is 0 Å². The van der Waals surface area contributed by atoms with Crippen molar-refractivity contribution in [1.82, 2.24) is 0 Å². The van der Waals surface area contributed by atoms with Crippen molar-refractivity contribution < 1.29 is 14.3 Å². The Morgan fingerprint density at radius 2 is 2.18 bits per heavy atom. The summed E-state index contributed by atoms with van der Waals surface area (Å²) in [5, 5.41) is 2.01. The molecule has 0 spiro atoms. The lowest BCUT2D eigenvalue weighted by Gasteiger charge is -2.06. The van der Waals surface area contributed by atoms with Gasteiger partial charge in [0.1, 0.15) is 11.5 Å². The number of thiocarbonyl (C=S) groups is 1. The summed E-state index contributed by atoms with van der Waals surface area (Å²) in [7, 11) is 3.12. The van der Waals surface area contributed by atoms with Crippen molar-refractivity contribution in [3.8, 4) is 11.5 Å². The lowest BCUT2D eigenvalue weighted by atomic mass is 10.1. The first-order valence-electron chi connectivity index (χ1n) is 4.73. The van der Waals surface area contributed by atoms with Crippen LogP contribution in [-0.2, 0) is 4.79 Å². The lowest BCUT2D eigenvalue weighted by molar-refractivity contribution is -0.113. The van der Waals surface area contributed by atoms with Crippen LogP contribution in [0.4, 0.5) is 0 Å². The molecule has 4 nitrogen and oxygen atoms in total. The summed E-state index contributed by atoms with van der Waals surface area (Å²) in [6, 6.07) is 5.28. The number of rotatable bonds is 4. The molecule has 0 unspecified atom stereocenters. The van der Waals surface area contributed by atoms with E-state index in [0.29, 0.717) is 11.5 Å². The molecule has 88 valence electrons. The van der Waals surface area contributed by atoms with Crippen molar-refractivity contribution in [1.29, 1.82) is 0 Å². The summed E-state index contributed by atoms with van der Waals surface area (Å²) in [6.07, 6.45) is 2.89. The zero-order chi connectivity index (χ0) is 12.7. The van der Waals surface area contributed by atoms with E-state index < -0.39 is 5.91 Å². The van der Waals surface area contributed by atoms with Crippen LogP contribution in [0.25, 0.3) is 6.08 Å². The Morgan fingerprint density at radius 1 is 1.41 bits per heavy atom. The summed E-state index contributed by atoms with van der Waals surface area (Å²) in [5.41, 5.74) is 0.751. The van der Waals surface area contributed by atoms with Gasteiger partial charge >= 0.3 is 0 Å². The Kier molecular flexibility index (Phi) is 5.07. The van der Waals surface area contributed by atoms with Gasteiger partial charge in [-0.15, -0.1) is 0 Å². The summed E-state index contributed by atoms with van der Waals surface area (Å²) >= 11 is 4.33. The van der Waals surface area contributed by atoms with Gasteiger partial charge in [0.05, 0.1) is 19.4 Å². The number of amides is 1. The minimum Gasteiger partial charge on any atom is -0.497 e. The average molecular weight is 249 g/mol. The number of ether oxygens (including phenoxy) is 2. The molecule has 0 bridgehead atoms. The molecule has 0 aliphatic carbocycles. The van der Waals surface area contributed by atoms with E-state index in [4.69, 9.17) is 9.47 Å². The number of carbonyl (C=O) groups is 1. The molecule has 1 aromatic carbocycles. The maximum absolute atomic E-state index is 11.1. The average Bonchev–Trinajstić information content (AvgIpc) is 2.36. The Bertz CT molecular complexity index is 491. The smallest absolute Gasteiger partial charge is 0.278 e. The van der Waals surface area contributed by atoms with Crippen LogP contribution in [0, 0.1) is 0 Å². The third-order valence-corrected chi connectivity index (χ3v) is 2.09. The molecule has 0 saturated heterocycles. The van der Waals surface area contributed by atoms with Crippen molar-refractivity contribution in [2.24, 2.45) is 4.99 Å². The van der Waals surface area contributed by atoms with E-state index in [0.717, 1.165) is 5.56 Å². The van der Waals surface area contributed by atoms with Crippen LogP contribution in [0.1, 0.15) is 5.56 Å². The minimum absolute atomic E-state index is 0.460. The molecule has 0 aromatic heterocycles. The number of hydrogen-bond acceptors (Lipinski definition) is 4. The molecule has 0 fully saturated rings. The van der Waals surface area contributed by atoms with Crippen LogP contribution in [0.15, 0.2) is 29.3 Å². The topological polar surface area (TPSA) is 47.9 Å². The van der Waals surface area contributed by atoms with E-state index in [9.17, 15) is 4.79 Å². The molecule has 0 saturated carbocycles. The Balaban J connectivity index is 2.98. The van der Waals surface area contributed by atoms with Gasteiger partial charge in [-0.05, 0) is 30.4 Å². The molecule has 0 radical (unpaired) electrons. The lowest BCUT2D eigenvalue weighted by Crippen LogP contribution is -1.90. The van der Waals surface area contributed by atoms with E-state index >= 15 is 0 Å². The number of hydrogen-bond donors (Lipinski definition) is 0. The van der Waals surface area contributed by atoms with Gasteiger partial charge in [-0.2, -0.15) is 4.99 Å². The quantitative estimate of drug-likeness (QED) is 0.467. The summed E-state index contributed by atoms with van der Waals surface area (Å²) in [5.74, 6) is 0.833. The molecule has 17 heavy (non-hydrogen) atoms. The fourth-order valence-electron chi connectivity index (χ4n) is 1.20. The summed E-state index contributed by atoms with van der Waals surface area (Å²) in [4.78, 5) is 14.4. The molecule has 1 amide bonds. The van der Waals surface area contributed by atoms with Crippen molar-refractivity contribution in [3.05, 3.63) is 29.8 Å². The molecule has 1 aromatic rings. The maximum Gasteiger partial charge on any atom is 0.278 e. The van der Waals surface area contributed by atoms with Crippen molar-refractivity contribution in [2.75, 3.05) is 14.2 Å². The first-order valence-corrected chi connectivity index (χ1v) is 5.14. The number of methoxy groups -OCH3 is 2. The number of benzene rings is 1. The minimum atomic E-state index is -0.460. The second-order valence-corrected chi connectivity index (χ2v) is 3.17. The number of isothiocyanates is 1. The van der Waals surface area contributed by atoms with E-state index in [1.165, 1.54) is 6.08 Å². The number of carbonyl (C=O) groups excluding carboxylic acids is 1. The van der Waals surface area contributed by atoms with Gasteiger partial charge in [0, 0.05) is 17.7 Å². The van der Waals surface area contributed by atoms with E-state index in [1.807, 2.05) is 5.16 Å². The van der Waals surface area contributed by atoms with Gasteiger partial charge in [0.2, 0.25) is 0 Å². The van der Waals surface area contributed by atoms with Crippen LogP contribution in [0.5, 0.6) is 11.5 Å². The third-order valence-electron chi connectivity index (χ3n) is 2.00. The van der Waals surface area contributed by atoms with Crippen LogP contribution < -0.4 is 9.47 Å². The van der Waals surface area contributed by atoms with Crippen molar-refractivity contribution in [2.45, 2.75) is 0 Å². The predicted molar refractivity (Wildman–Crippen MR) is 68.6 cm³/mol. The SMILES string of the molecule is COc1ccc(/C=C/C(=O)N=C=S)c(OC)c1. The molecule has 0 aliphatic heterocycles. The van der Waals surface area contributed by atoms with Crippen molar-refractivity contribution in [3.63, 3.8) is 0 Å². The molecule has 0 heterocycles. The van der Waals surface area contributed by atoms with Gasteiger partial charge in [0.15, 0.2) is 0 Å². The fraction of sp³-hybridized carbons (Fsp3) is 0.167. The zero-order valence-corrected chi connectivity index (χ0v) is 10.3. The van der Waals surface area contributed by atoms with Crippen LogP contribution >= 0.6 is 12.2 Å². The molecule has 1 rings (SSSR count). The van der Waals surface area contributed by atoms with Gasteiger partial charge in [-0.25, -0.2) is 0 Å². The standard InChI is InChI=1S/C12H11NO3S/c1-15-10-5-3-9(11(7-10)16-2)4-6-12(14)13-8-17/h3-7H,1-2H3/b6-4+. The van der Waals surface area contributed by atoms with Gasteiger partial charge < -0.3 is 9.47 Å². The maximum atomic E-state index is 11.1. The molecule has 0 N–H and O–H groups in total. The summed E-state index contributed by atoms with van der Waals surface area (Å²) in [6.45, 7) is 0. The normalized spacial score (nSPS) is 9.76. The van der Waals surface area contributed by atoms with E-state index in [2.05, 4.69) is 17.2 Å². The first kappa shape index (κ1) is 13.1. The molecule has 0 aliphatic rings. The Labute approximate surface area is 105 Å². The second kappa shape index (κ2) is 6.58. The first-order chi connectivity index (χ1) is 8.21. The number of nitrogens with zero attached hydrogens (tertiary/aromatic N) is 1. The van der Waals surface area contributed by atoms with Crippen LogP contribution in [-0.4, -0.2) is 25.3 Å². The largest absolute Gasteiger partial charge is 0.497 e. The molecular formula is C12H11NO3S. The van der Waals surface area contributed by atoms with Gasteiger partial charge in [-0.3, -0.25) is 4.79 Å². The predicted octanol–water partition coefficient (Wildman–Crippen LogP) is 2.35. The highest BCUT2D eigenvalue weighted by molar-refractivity contribution is 7.78. The highest BCUT2D eigenvalue weighted by atomic mass is 32.1. The molecule has 5 heteroatoms. The van der Waals surface area contributed by atoms with Crippen molar-refractivity contribution >= 4 is 29.4 Å². The molecule has 0 atom stereocenters. The van der Waals surface area contributed by atoms with E-state index in [1.54, 1.807) is 38.5 Å². The number of aliphatic imine (C=N–C) groups is 1. The fourth-order valence-corrected chi connectivity index (χ4v) is 1.29. The van der Waals surface area contributed by atoms with Gasteiger partial charge in [0.25, 0.3) is 5.91 Å². The van der Waals surface area contributed by atoms with E-state index in [-0.39, 0.29) is 0 Å². The molecular weight excluding hydrogens is 238 g/mol. The van der Waals surface area contributed by atoms with Crippen LogP contribution in [0.2, 0.25) is 0 Å². The Hall–Kier alpha value is -1.97. The monoisotopic (exact) mass is 249 g/mol. The highest BCUT2D eigenvalue weighted by Crippen LogP contribution is 2.25. The third kappa shape index (κ3) is 3.83.